The first-order valence-corrected chi connectivity index (χ1v) is 0. The molecule has 0 atom stereocenters. The second kappa shape index (κ2) is 17.5. The van der Waals surface area contributed by atoms with E-state index in [-0.39, 0.29) is 82.7 Å². The molecule has 0 aromatic carbocycles. The molecule has 16 radical (unpaired) electrons. The molecule has 0 N–H and O–H groups in total. The second-order valence-corrected chi connectivity index (χ2v) is 0. The molecule has 0 aromatic rings. The van der Waals surface area contributed by atoms with Crippen LogP contribution < -0.4 is 0 Å². The van der Waals surface area contributed by atoms with Gasteiger partial charge in [0.15, 0.2) is 0 Å². The average Bonchev–Trinajstić information content (AvgIpc) is 0. The normalized spacial score (nSPS) is 0. The average molecular weight is 384 g/mol. The Hall–Kier alpha value is 2.61. The molecular formula is SiSn3. The van der Waals surface area contributed by atoms with Gasteiger partial charge in [-0.1, -0.05) is 0 Å². The monoisotopic (exact) mass is 388 g/mol. The Balaban J connectivity index is 0. The van der Waals surface area contributed by atoms with E-state index in [1.165, 1.54) is 0 Å². The van der Waals surface area contributed by atoms with Crippen molar-refractivity contribution in [1.82, 2.24) is 0 Å². The summed E-state index contributed by atoms with van der Waals surface area (Å²) in [4.78, 5) is 0. The van der Waals surface area contributed by atoms with Crippen molar-refractivity contribution in [3.05, 3.63) is 0 Å². The van der Waals surface area contributed by atoms with Crippen molar-refractivity contribution in [3.8, 4) is 0 Å². The quantitative estimate of drug-likeness (QED) is 0.445. The van der Waals surface area contributed by atoms with E-state index >= 15 is 0 Å². The van der Waals surface area contributed by atoms with Crippen LogP contribution in [0.1, 0.15) is 0 Å². The van der Waals surface area contributed by atoms with Crippen LogP contribution in [0.5, 0.6) is 0 Å². The first-order chi connectivity index (χ1) is 0. The fourth-order valence-electron chi connectivity index (χ4n) is 0. The van der Waals surface area contributed by atoms with Crippen molar-refractivity contribution in [2.45, 2.75) is 0 Å². The molecule has 4 heavy (non-hydrogen) atoms. The number of hydrogen-bond donors (Lipinski definition) is 0. The number of hydrogen-bond acceptors (Lipinski definition) is 0. The maximum atomic E-state index is 0. The van der Waals surface area contributed by atoms with E-state index in [1.54, 1.807) is 0 Å². The van der Waals surface area contributed by atoms with Gasteiger partial charge in [-0.15, -0.1) is 0 Å². The van der Waals surface area contributed by atoms with Crippen molar-refractivity contribution in [3.63, 3.8) is 0 Å². The largest absolute Gasteiger partial charge is 0 e. The minimum absolute atomic E-state index is 0. The maximum Gasteiger partial charge on any atom is 0 e. The summed E-state index contributed by atoms with van der Waals surface area (Å²) in [6.07, 6.45) is 0. The molecule has 4 heteroatoms. The van der Waals surface area contributed by atoms with E-state index in [0.29, 0.717) is 0 Å². The second-order valence-electron chi connectivity index (χ2n) is 0. The predicted octanol–water partition coefficient (Wildman–Crippen LogP) is -1.52. The van der Waals surface area contributed by atoms with Crippen molar-refractivity contribution >= 4 is 82.7 Å². The molecule has 0 amide bonds. The fraction of sp³-hybridized carbons (Fsp3) is 0. The number of rotatable bonds is 0. The summed E-state index contributed by atoms with van der Waals surface area (Å²) in [5, 5.41) is 0. The van der Waals surface area contributed by atoms with Crippen LogP contribution in [0.4, 0.5) is 0 Å². The van der Waals surface area contributed by atoms with Crippen LogP contribution in [0.3, 0.4) is 0 Å². The molecule has 0 saturated carbocycles. The van der Waals surface area contributed by atoms with Gasteiger partial charge in [-0.2, -0.15) is 0 Å². The van der Waals surface area contributed by atoms with Crippen LogP contribution in [0.2, 0.25) is 0 Å². The molecular weight excluding hydrogens is 384 g/mol. The standard InChI is InChI=1S/Si.3Sn. The van der Waals surface area contributed by atoms with E-state index in [0.717, 1.165) is 0 Å². The molecule has 0 bridgehead atoms. The fourth-order valence-corrected chi connectivity index (χ4v) is 0. The van der Waals surface area contributed by atoms with Crippen LogP contribution >= 0.6 is 0 Å². The van der Waals surface area contributed by atoms with Crippen LogP contribution in [0, 0.1) is 0 Å². The third-order valence-electron chi connectivity index (χ3n) is 0. The van der Waals surface area contributed by atoms with E-state index in [9.17, 15) is 0 Å². The third kappa shape index (κ3) is 8.82. The molecule has 0 aliphatic heterocycles. The van der Waals surface area contributed by atoms with E-state index < -0.39 is 0 Å². The van der Waals surface area contributed by atoms with Crippen molar-refractivity contribution in [2.24, 2.45) is 0 Å². The minimum Gasteiger partial charge on any atom is 0 e. The van der Waals surface area contributed by atoms with E-state index in [4.69, 9.17) is 0 Å². The van der Waals surface area contributed by atoms with Crippen molar-refractivity contribution < 1.29 is 0 Å². The molecule has 0 aliphatic rings. The Morgan fingerprint density at radius 1 is 0.500 bits per heavy atom. The zero-order valence-electron chi connectivity index (χ0n) is 2.00. The summed E-state index contributed by atoms with van der Waals surface area (Å²) in [5.41, 5.74) is 0. The summed E-state index contributed by atoms with van der Waals surface area (Å²) < 4.78 is 0. The molecule has 0 nitrogen and oxygen atoms in total. The Bertz CT molecular complexity index is 3.25. The third-order valence-corrected chi connectivity index (χ3v) is 0. The Kier molecular flexibility index (Phi) is 133. The molecule has 16 valence electrons. The Morgan fingerprint density at radius 2 is 0.500 bits per heavy atom. The van der Waals surface area contributed by atoms with Gasteiger partial charge >= 0.3 is 0 Å². The van der Waals surface area contributed by atoms with Gasteiger partial charge in [-0.05, 0) is 0 Å². The first-order valence-electron chi connectivity index (χ1n) is 0. The van der Waals surface area contributed by atoms with Gasteiger partial charge < -0.3 is 0 Å². The first kappa shape index (κ1) is 30.5. The van der Waals surface area contributed by atoms with Crippen LogP contribution in [0.25, 0.3) is 0 Å². The molecule has 0 saturated heterocycles. The molecule has 0 aromatic heterocycles. The summed E-state index contributed by atoms with van der Waals surface area (Å²) in [7, 11) is 0. The van der Waals surface area contributed by atoms with Gasteiger partial charge in [0.25, 0.3) is 0 Å². The van der Waals surface area contributed by atoms with E-state index in [2.05, 4.69) is 0 Å². The smallest absolute Gasteiger partial charge is 0 e. The van der Waals surface area contributed by atoms with Gasteiger partial charge in [0.1, 0.15) is 0 Å². The van der Waals surface area contributed by atoms with E-state index in [1.807, 2.05) is 0 Å². The molecule has 0 fully saturated rings. The van der Waals surface area contributed by atoms with Gasteiger partial charge in [0.05, 0.1) is 0 Å². The predicted molar refractivity (Wildman–Crippen MR) is 23.0 cm³/mol. The molecule has 0 spiro atoms. The maximum absolute atomic E-state index is 0. The summed E-state index contributed by atoms with van der Waals surface area (Å²) in [5.74, 6) is 0. The van der Waals surface area contributed by atoms with Crippen LogP contribution in [-0.4, -0.2) is 82.7 Å². The van der Waals surface area contributed by atoms with Gasteiger partial charge in [-0.3, -0.25) is 0 Å². The molecule has 0 rings (SSSR count). The van der Waals surface area contributed by atoms with Gasteiger partial charge in [-0.25, -0.2) is 0 Å². The Morgan fingerprint density at radius 3 is 0.500 bits per heavy atom. The van der Waals surface area contributed by atoms with Crippen molar-refractivity contribution in [2.75, 3.05) is 0 Å². The SMILES string of the molecule is [Si].[Sn].[Sn].[Sn]. The zero-order chi connectivity index (χ0) is 0. The molecule has 0 heterocycles. The molecule has 0 unspecified atom stereocenters. The summed E-state index contributed by atoms with van der Waals surface area (Å²) in [6, 6.07) is 0. The minimum atomic E-state index is 0. The van der Waals surface area contributed by atoms with Gasteiger partial charge in [0, 0.05) is 82.7 Å². The van der Waals surface area contributed by atoms with Gasteiger partial charge in [0.2, 0.25) is 0 Å². The Labute approximate surface area is 81.4 Å². The molecule has 0 aliphatic carbocycles. The van der Waals surface area contributed by atoms with Crippen LogP contribution in [-0.2, 0) is 0 Å². The topological polar surface area (TPSA) is 0 Å². The summed E-state index contributed by atoms with van der Waals surface area (Å²) in [6.45, 7) is 0. The van der Waals surface area contributed by atoms with Crippen molar-refractivity contribution in [1.29, 1.82) is 0 Å². The van der Waals surface area contributed by atoms with Crippen LogP contribution in [0.15, 0.2) is 0 Å². The zero-order valence-corrected chi connectivity index (χ0v) is 11.6. The summed E-state index contributed by atoms with van der Waals surface area (Å²) >= 11 is 0.